The molecule has 0 fully saturated rings. The topological polar surface area (TPSA) is 19.0 Å². The molecule has 2 rings (SSSR count). The van der Waals surface area contributed by atoms with E-state index in [9.17, 15) is 4.39 Å². The van der Waals surface area contributed by atoms with E-state index in [0.717, 1.165) is 34.9 Å². The van der Waals surface area contributed by atoms with Gasteiger partial charge in [-0.05, 0) is 53.6 Å². The first-order valence-electron chi connectivity index (χ1n) is 5.75. The first-order valence-corrected chi connectivity index (χ1v) is 6.54. The lowest BCUT2D eigenvalue weighted by Gasteiger charge is -2.12. The summed E-state index contributed by atoms with van der Waals surface area (Å²) in [5, 5.41) is 0.973. The Morgan fingerprint density at radius 2 is 2.18 bits per heavy atom. The fourth-order valence-corrected chi connectivity index (χ4v) is 2.43. The Morgan fingerprint density at radius 1 is 1.41 bits per heavy atom. The van der Waals surface area contributed by atoms with Crippen LogP contribution in [0.5, 0.6) is 0 Å². The lowest BCUT2D eigenvalue weighted by molar-refractivity contribution is 0.358. The summed E-state index contributed by atoms with van der Waals surface area (Å²) < 4.78 is 14.1. The molecule has 0 unspecified atom stereocenters. The van der Waals surface area contributed by atoms with Crippen LogP contribution in [0.2, 0.25) is 0 Å². The van der Waals surface area contributed by atoms with Gasteiger partial charge in [0, 0.05) is 22.6 Å². The molecule has 1 N–H and O–H groups in total. The molecule has 0 atom stereocenters. The Hall–Kier alpha value is -0.870. The van der Waals surface area contributed by atoms with Gasteiger partial charge in [0.05, 0.1) is 5.52 Å². The lowest BCUT2D eigenvalue weighted by atomic mass is 10.1. The summed E-state index contributed by atoms with van der Waals surface area (Å²) in [7, 11) is 2.09. The van der Waals surface area contributed by atoms with Gasteiger partial charge in [0.1, 0.15) is 5.82 Å². The number of benzene rings is 1. The zero-order valence-electron chi connectivity index (χ0n) is 10.1. The molecule has 0 amide bonds. The molecule has 17 heavy (non-hydrogen) atoms. The maximum atomic E-state index is 13.4. The summed E-state index contributed by atoms with van der Waals surface area (Å²) in [5.41, 5.74) is 2.14. The van der Waals surface area contributed by atoms with E-state index >= 15 is 0 Å². The summed E-state index contributed by atoms with van der Waals surface area (Å²) in [4.78, 5) is 5.44. The smallest absolute Gasteiger partial charge is 0.125 e. The molecule has 1 aromatic heterocycles. The molecular weight excluding hydrogens is 283 g/mol. The number of halogens is 2. The van der Waals surface area contributed by atoms with Crippen LogP contribution in [0.25, 0.3) is 10.9 Å². The Labute approximate surface area is 109 Å². The summed E-state index contributed by atoms with van der Waals surface area (Å²) >= 11 is 3.37. The summed E-state index contributed by atoms with van der Waals surface area (Å²) in [5.74, 6) is -0.200. The number of aromatic amines is 1. The number of likely N-dealkylation sites (N-methyl/N-ethyl adjacent to an activating group) is 1. The predicted molar refractivity (Wildman–Crippen MR) is 72.8 cm³/mol. The second-order valence-corrected chi connectivity index (χ2v) is 5.12. The van der Waals surface area contributed by atoms with Crippen molar-refractivity contribution in [2.24, 2.45) is 0 Å². The number of fused-ring (bicyclic) bond motifs is 1. The normalized spacial score (nSPS) is 11.6. The van der Waals surface area contributed by atoms with E-state index in [1.807, 2.05) is 6.20 Å². The number of nitrogens with one attached hydrogen (secondary N) is 1. The standard InChI is InChI=1S/C13H16BrFN2/c1-3-17(2)5-4-9-8-16-13-11(9)6-10(15)7-12(13)14/h6-8,16H,3-5H2,1-2H3. The zero-order valence-corrected chi connectivity index (χ0v) is 11.6. The average Bonchev–Trinajstić information content (AvgIpc) is 2.69. The van der Waals surface area contributed by atoms with Crippen molar-refractivity contribution in [2.75, 3.05) is 20.1 Å². The van der Waals surface area contributed by atoms with Gasteiger partial charge in [-0.3, -0.25) is 0 Å². The highest BCUT2D eigenvalue weighted by Crippen LogP contribution is 2.27. The van der Waals surface area contributed by atoms with Gasteiger partial charge in [0.15, 0.2) is 0 Å². The maximum Gasteiger partial charge on any atom is 0.125 e. The van der Waals surface area contributed by atoms with Crippen molar-refractivity contribution in [3.05, 3.63) is 34.2 Å². The van der Waals surface area contributed by atoms with E-state index in [-0.39, 0.29) is 5.82 Å². The van der Waals surface area contributed by atoms with Crippen LogP contribution < -0.4 is 0 Å². The highest BCUT2D eigenvalue weighted by Gasteiger charge is 2.09. The third kappa shape index (κ3) is 2.69. The molecule has 0 aliphatic heterocycles. The fraction of sp³-hybridized carbons (Fsp3) is 0.385. The molecule has 1 aromatic carbocycles. The molecule has 0 saturated carbocycles. The van der Waals surface area contributed by atoms with Crippen molar-refractivity contribution in [1.29, 1.82) is 0 Å². The largest absolute Gasteiger partial charge is 0.360 e. The maximum absolute atomic E-state index is 13.4. The minimum absolute atomic E-state index is 0.200. The average molecular weight is 299 g/mol. The Morgan fingerprint density at radius 3 is 2.88 bits per heavy atom. The molecule has 4 heteroatoms. The summed E-state index contributed by atoms with van der Waals surface area (Å²) in [6.45, 7) is 4.14. The quantitative estimate of drug-likeness (QED) is 0.914. The minimum atomic E-state index is -0.200. The molecule has 1 heterocycles. The van der Waals surface area contributed by atoms with Crippen molar-refractivity contribution >= 4 is 26.8 Å². The zero-order chi connectivity index (χ0) is 12.4. The SMILES string of the molecule is CCN(C)CCc1c[nH]c2c(Br)cc(F)cc12. The van der Waals surface area contributed by atoms with Gasteiger partial charge in [-0.25, -0.2) is 4.39 Å². The van der Waals surface area contributed by atoms with Crippen LogP contribution in [0.1, 0.15) is 12.5 Å². The second kappa shape index (κ2) is 5.19. The number of hydrogen-bond donors (Lipinski definition) is 1. The molecule has 0 aliphatic carbocycles. The monoisotopic (exact) mass is 298 g/mol. The fourth-order valence-electron chi connectivity index (χ4n) is 1.89. The van der Waals surface area contributed by atoms with Crippen molar-refractivity contribution in [3.8, 4) is 0 Å². The number of aromatic nitrogens is 1. The van der Waals surface area contributed by atoms with Gasteiger partial charge in [0.2, 0.25) is 0 Å². The number of H-pyrrole nitrogens is 1. The van der Waals surface area contributed by atoms with Gasteiger partial charge in [-0.1, -0.05) is 6.92 Å². The van der Waals surface area contributed by atoms with Gasteiger partial charge in [-0.2, -0.15) is 0 Å². The number of nitrogens with zero attached hydrogens (tertiary/aromatic N) is 1. The van der Waals surface area contributed by atoms with E-state index in [0.29, 0.717) is 0 Å². The predicted octanol–water partition coefficient (Wildman–Crippen LogP) is 3.56. The lowest BCUT2D eigenvalue weighted by Crippen LogP contribution is -2.20. The van der Waals surface area contributed by atoms with Gasteiger partial charge >= 0.3 is 0 Å². The molecule has 2 aromatic rings. The van der Waals surface area contributed by atoms with E-state index in [1.54, 1.807) is 6.07 Å². The first kappa shape index (κ1) is 12.6. The summed E-state index contributed by atoms with van der Waals surface area (Å²) in [6, 6.07) is 3.08. The van der Waals surface area contributed by atoms with Crippen LogP contribution in [-0.2, 0) is 6.42 Å². The Kier molecular flexibility index (Phi) is 3.84. The molecule has 0 spiro atoms. The Bertz CT molecular complexity index is 521. The van der Waals surface area contributed by atoms with Gasteiger partial charge in [-0.15, -0.1) is 0 Å². The molecule has 0 bridgehead atoms. The highest BCUT2D eigenvalue weighted by atomic mass is 79.9. The minimum Gasteiger partial charge on any atom is -0.360 e. The van der Waals surface area contributed by atoms with Crippen LogP contribution in [-0.4, -0.2) is 30.0 Å². The third-order valence-electron chi connectivity index (χ3n) is 3.09. The van der Waals surface area contributed by atoms with Crippen molar-refractivity contribution < 1.29 is 4.39 Å². The molecule has 0 radical (unpaired) electrons. The van der Waals surface area contributed by atoms with Crippen LogP contribution in [0.3, 0.4) is 0 Å². The highest BCUT2D eigenvalue weighted by molar-refractivity contribution is 9.10. The molecule has 2 nitrogen and oxygen atoms in total. The van der Waals surface area contributed by atoms with Crippen molar-refractivity contribution in [3.63, 3.8) is 0 Å². The van der Waals surface area contributed by atoms with E-state index in [1.165, 1.54) is 11.6 Å². The van der Waals surface area contributed by atoms with Crippen LogP contribution >= 0.6 is 15.9 Å². The van der Waals surface area contributed by atoms with Crippen LogP contribution in [0, 0.1) is 5.82 Å². The second-order valence-electron chi connectivity index (χ2n) is 4.27. The Balaban J connectivity index is 2.29. The van der Waals surface area contributed by atoms with Gasteiger partial charge in [0.25, 0.3) is 0 Å². The van der Waals surface area contributed by atoms with E-state index < -0.39 is 0 Å². The van der Waals surface area contributed by atoms with Gasteiger partial charge < -0.3 is 9.88 Å². The number of hydrogen-bond acceptors (Lipinski definition) is 1. The number of rotatable bonds is 4. The van der Waals surface area contributed by atoms with E-state index in [2.05, 4.69) is 39.8 Å². The molecule has 92 valence electrons. The summed E-state index contributed by atoms with van der Waals surface area (Å²) in [6.07, 6.45) is 2.90. The van der Waals surface area contributed by atoms with E-state index in [4.69, 9.17) is 0 Å². The van der Waals surface area contributed by atoms with Crippen molar-refractivity contribution in [1.82, 2.24) is 9.88 Å². The molecule has 0 aliphatic rings. The van der Waals surface area contributed by atoms with Crippen LogP contribution in [0.15, 0.2) is 22.8 Å². The first-order chi connectivity index (χ1) is 8.11. The molecular formula is C13H16BrFN2. The van der Waals surface area contributed by atoms with Crippen molar-refractivity contribution in [2.45, 2.75) is 13.3 Å². The van der Waals surface area contributed by atoms with Crippen LogP contribution in [0.4, 0.5) is 4.39 Å². The third-order valence-corrected chi connectivity index (χ3v) is 3.72. The molecule has 0 saturated heterocycles.